The van der Waals surface area contributed by atoms with Crippen molar-refractivity contribution in [2.24, 2.45) is 0 Å². The Morgan fingerprint density at radius 2 is 1.62 bits per heavy atom. The van der Waals surface area contributed by atoms with Gasteiger partial charge in [-0.2, -0.15) is 0 Å². The summed E-state index contributed by atoms with van der Waals surface area (Å²) >= 11 is 0. The number of pyridine rings is 1. The predicted octanol–water partition coefficient (Wildman–Crippen LogP) is 6.38. The Kier molecular flexibility index (Phi) is 4.17. The second-order valence-corrected chi connectivity index (χ2v) is 6.85. The van der Waals surface area contributed by atoms with Gasteiger partial charge in [0.05, 0.1) is 5.69 Å². The maximum Gasteiger partial charge on any atom is 0.0707 e. The highest BCUT2D eigenvalue weighted by atomic mass is 14.7. The number of rotatable bonds is 3. The molecule has 1 saturated carbocycles. The van der Waals surface area contributed by atoms with Crippen LogP contribution in [-0.4, -0.2) is 4.98 Å². The van der Waals surface area contributed by atoms with Gasteiger partial charge in [-0.3, -0.25) is 4.98 Å². The summed E-state index contributed by atoms with van der Waals surface area (Å²) in [5.41, 5.74) is 7.61. The number of benzene rings is 2. The Labute approximate surface area is 144 Å². The van der Waals surface area contributed by atoms with E-state index in [0.29, 0.717) is 0 Å². The van der Waals surface area contributed by atoms with Crippen molar-refractivity contribution in [3.8, 4) is 22.4 Å². The molecule has 0 saturated heterocycles. The zero-order valence-electron chi connectivity index (χ0n) is 14.2. The summed E-state index contributed by atoms with van der Waals surface area (Å²) in [5.74, 6) is 0.726. The van der Waals surface area contributed by atoms with Gasteiger partial charge in [-0.25, -0.2) is 0 Å². The molecule has 3 aromatic rings. The molecule has 1 heterocycles. The van der Waals surface area contributed by atoms with E-state index in [2.05, 4.69) is 72.6 Å². The van der Waals surface area contributed by atoms with Gasteiger partial charge in [0.2, 0.25) is 0 Å². The maximum absolute atomic E-state index is 4.68. The summed E-state index contributed by atoms with van der Waals surface area (Å²) in [6.07, 6.45) is 7.37. The fourth-order valence-corrected chi connectivity index (χ4v) is 3.82. The SMILES string of the molecule is Cc1ccc(-c2ccccc2)cc1-c1cc(C2CCCC2)ccn1. The molecule has 0 spiro atoms. The molecule has 1 fully saturated rings. The van der Waals surface area contributed by atoms with Crippen LogP contribution in [0.2, 0.25) is 0 Å². The minimum Gasteiger partial charge on any atom is -0.256 e. The lowest BCUT2D eigenvalue weighted by Gasteiger charge is -2.13. The Morgan fingerprint density at radius 1 is 0.833 bits per heavy atom. The van der Waals surface area contributed by atoms with Crippen LogP contribution in [0.4, 0.5) is 0 Å². The molecular formula is C23H23N. The fourth-order valence-electron chi connectivity index (χ4n) is 3.82. The predicted molar refractivity (Wildman–Crippen MR) is 101 cm³/mol. The Bertz CT molecular complexity index is 830. The monoisotopic (exact) mass is 313 g/mol. The lowest BCUT2D eigenvalue weighted by Crippen LogP contribution is -1.95. The number of hydrogen-bond donors (Lipinski definition) is 0. The van der Waals surface area contributed by atoms with Crippen molar-refractivity contribution in [1.82, 2.24) is 4.98 Å². The van der Waals surface area contributed by atoms with Gasteiger partial charge >= 0.3 is 0 Å². The number of aryl methyl sites for hydroxylation is 1. The fraction of sp³-hybridized carbons (Fsp3) is 0.261. The van der Waals surface area contributed by atoms with E-state index < -0.39 is 0 Å². The third-order valence-corrected chi connectivity index (χ3v) is 5.23. The minimum atomic E-state index is 0.726. The highest BCUT2D eigenvalue weighted by molar-refractivity contribution is 5.74. The van der Waals surface area contributed by atoms with E-state index in [1.807, 2.05) is 6.20 Å². The lowest BCUT2D eigenvalue weighted by atomic mass is 9.94. The van der Waals surface area contributed by atoms with Crippen LogP contribution in [-0.2, 0) is 0 Å². The first-order valence-electron chi connectivity index (χ1n) is 8.94. The number of aromatic nitrogens is 1. The van der Waals surface area contributed by atoms with Gasteiger partial charge in [0.15, 0.2) is 0 Å². The topological polar surface area (TPSA) is 12.9 Å². The van der Waals surface area contributed by atoms with Gasteiger partial charge in [-0.1, -0.05) is 55.3 Å². The molecule has 0 aliphatic heterocycles. The average molecular weight is 313 g/mol. The molecule has 1 aliphatic carbocycles. The molecule has 120 valence electrons. The lowest BCUT2D eigenvalue weighted by molar-refractivity contribution is 0.722. The Hall–Kier alpha value is -2.41. The van der Waals surface area contributed by atoms with Crippen LogP contribution >= 0.6 is 0 Å². The summed E-state index contributed by atoms with van der Waals surface area (Å²) < 4.78 is 0. The van der Waals surface area contributed by atoms with Crippen LogP contribution < -0.4 is 0 Å². The third-order valence-electron chi connectivity index (χ3n) is 5.23. The molecular weight excluding hydrogens is 290 g/mol. The zero-order valence-corrected chi connectivity index (χ0v) is 14.2. The van der Waals surface area contributed by atoms with E-state index in [1.54, 1.807) is 0 Å². The van der Waals surface area contributed by atoms with Crippen molar-refractivity contribution < 1.29 is 0 Å². The van der Waals surface area contributed by atoms with Gasteiger partial charge in [0.25, 0.3) is 0 Å². The molecule has 1 aliphatic rings. The van der Waals surface area contributed by atoms with E-state index in [0.717, 1.165) is 11.6 Å². The summed E-state index contributed by atoms with van der Waals surface area (Å²) in [4.78, 5) is 4.68. The van der Waals surface area contributed by atoms with Crippen LogP contribution in [0.5, 0.6) is 0 Å². The molecule has 2 aromatic carbocycles. The van der Waals surface area contributed by atoms with Gasteiger partial charge in [0.1, 0.15) is 0 Å². The second kappa shape index (κ2) is 6.60. The molecule has 0 bridgehead atoms. The molecule has 1 heteroatoms. The number of nitrogens with zero attached hydrogens (tertiary/aromatic N) is 1. The smallest absolute Gasteiger partial charge is 0.0707 e. The quantitative estimate of drug-likeness (QED) is 0.546. The van der Waals surface area contributed by atoms with E-state index in [-0.39, 0.29) is 0 Å². The van der Waals surface area contributed by atoms with Crippen molar-refractivity contribution in [3.05, 3.63) is 78.0 Å². The summed E-state index contributed by atoms with van der Waals surface area (Å²) in [6.45, 7) is 2.17. The van der Waals surface area contributed by atoms with E-state index in [4.69, 9.17) is 0 Å². The van der Waals surface area contributed by atoms with Crippen LogP contribution in [0.15, 0.2) is 66.9 Å². The maximum atomic E-state index is 4.68. The largest absolute Gasteiger partial charge is 0.256 e. The minimum absolute atomic E-state index is 0.726. The highest BCUT2D eigenvalue weighted by Gasteiger charge is 2.18. The standard InChI is InChI=1S/C23H23N/c1-17-11-12-20(18-7-3-2-4-8-18)15-22(17)23-16-21(13-14-24-23)19-9-5-6-10-19/h2-4,7-8,11-16,19H,5-6,9-10H2,1H3. The van der Waals surface area contributed by atoms with Crippen molar-refractivity contribution in [1.29, 1.82) is 0 Å². The first-order valence-corrected chi connectivity index (χ1v) is 8.94. The van der Waals surface area contributed by atoms with Crippen LogP contribution in [0.1, 0.15) is 42.7 Å². The summed E-state index contributed by atoms with van der Waals surface area (Å²) in [6, 6.07) is 21.8. The Balaban J connectivity index is 1.75. The highest BCUT2D eigenvalue weighted by Crippen LogP contribution is 2.36. The van der Waals surface area contributed by atoms with Gasteiger partial charge in [-0.05, 0) is 66.1 Å². The summed E-state index contributed by atoms with van der Waals surface area (Å²) in [5, 5.41) is 0. The molecule has 1 aromatic heterocycles. The van der Waals surface area contributed by atoms with Gasteiger partial charge in [-0.15, -0.1) is 0 Å². The molecule has 0 radical (unpaired) electrons. The van der Waals surface area contributed by atoms with Crippen molar-refractivity contribution in [2.75, 3.05) is 0 Å². The molecule has 0 N–H and O–H groups in total. The molecule has 0 unspecified atom stereocenters. The number of hydrogen-bond acceptors (Lipinski definition) is 1. The Morgan fingerprint density at radius 3 is 2.42 bits per heavy atom. The van der Waals surface area contributed by atoms with Gasteiger partial charge < -0.3 is 0 Å². The molecule has 4 rings (SSSR count). The van der Waals surface area contributed by atoms with Crippen LogP contribution in [0.25, 0.3) is 22.4 Å². The van der Waals surface area contributed by atoms with Crippen LogP contribution in [0, 0.1) is 6.92 Å². The molecule has 24 heavy (non-hydrogen) atoms. The van der Waals surface area contributed by atoms with Crippen molar-refractivity contribution in [3.63, 3.8) is 0 Å². The first-order chi connectivity index (χ1) is 11.8. The van der Waals surface area contributed by atoms with E-state index in [9.17, 15) is 0 Å². The van der Waals surface area contributed by atoms with E-state index >= 15 is 0 Å². The van der Waals surface area contributed by atoms with Crippen LogP contribution in [0.3, 0.4) is 0 Å². The zero-order chi connectivity index (χ0) is 16.4. The molecule has 1 nitrogen and oxygen atoms in total. The normalized spacial score (nSPS) is 14.9. The third kappa shape index (κ3) is 2.99. The second-order valence-electron chi connectivity index (χ2n) is 6.85. The van der Waals surface area contributed by atoms with Crippen molar-refractivity contribution >= 4 is 0 Å². The van der Waals surface area contributed by atoms with Gasteiger partial charge in [0, 0.05) is 11.8 Å². The van der Waals surface area contributed by atoms with E-state index in [1.165, 1.54) is 53.5 Å². The van der Waals surface area contributed by atoms with Crippen molar-refractivity contribution in [2.45, 2.75) is 38.5 Å². The average Bonchev–Trinajstić information content (AvgIpc) is 3.18. The molecule has 0 amide bonds. The summed E-state index contributed by atoms with van der Waals surface area (Å²) in [7, 11) is 0. The first kappa shape index (κ1) is 15.1. The molecule has 0 atom stereocenters.